The van der Waals surface area contributed by atoms with Crippen molar-refractivity contribution in [3.63, 3.8) is 0 Å². The number of rotatable bonds is 4. The SMILES string of the molecule is CC1(C)c2ccccc2-c2c1c1c(c3ccccc23)c2ccccc2n1-c1nc(-c2ccccc2)nc(-c2ccc(-c3ccc4ccccc4c3)cc2)n1. The Morgan fingerprint density at radius 2 is 1.06 bits per heavy atom. The predicted octanol–water partition coefficient (Wildman–Crippen LogP) is 12.6. The van der Waals surface area contributed by atoms with Crippen LogP contribution < -0.4 is 0 Å². The van der Waals surface area contributed by atoms with Gasteiger partial charge in [-0.2, -0.15) is 9.97 Å². The molecular formula is C50H34N4. The van der Waals surface area contributed by atoms with Crippen LogP contribution in [0, 0.1) is 0 Å². The fourth-order valence-corrected chi connectivity index (χ4v) is 8.89. The maximum absolute atomic E-state index is 5.36. The van der Waals surface area contributed by atoms with Gasteiger partial charge < -0.3 is 0 Å². The van der Waals surface area contributed by atoms with Gasteiger partial charge in [0.2, 0.25) is 5.95 Å². The van der Waals surface area contributed by atoms with Gasteiger partial charge in [0.15, 0.2) is 11.6 Å². The normalized spacial score (nSPS) is 13.1. The molecule has 0 bridgehead atoms. The van der Waals surface area contributed by atoms with Crippen LogP contribution in [0.1, 0.15) is 25.0 Å². The number of hydrogen-bond donors (Lipinski definition) is 0. The minimum atomic E-state index is -0.267. The second kappa shape index (κ2) is 11.5. The molecular weight excluding hydrogens is 657 g/mol. The Labute approximate surface area is 313 Å². The first-order chi connectivity index (χ1) is 26.5. The molecule has 10 aromatic rings. The smallest absolute Gasteiger partial charge is 0.238 e. The van der Waals surface area contributed by atoms with E-state index in [1.165, 1.54) is 60.1 Å². The van der Waals surface area contributed by atoms with Crippen molar-refractivity contribution in [3.8, 4) is 51.0 Å². The topological polar surface area (TPSA) is 43.6 Å². The van der Waals surface area contributed by atoms with Gasteiger partial charge in [0.05, 0.1) is 11.0 Å². The zero-order valence-corrected chi connectivity index (χ0v) is 30.0. The lowest BCUT2D eigenvalue weighted by Crippen LogP contribution is -2.17. The van der Waals surface area contributed by atoms with Gasteiger partial charge in [-0.3, -0.25) is 4.57 Å². The second-order valence-corrected chi connectivity index (χ2v) is 14.8. The maximum Gasteiger partial charge on any atom is 0.238 e. The van der Waals surface area contributed by atoms with Crippen molar-refractivity contribution in [1.29, 1.82) is 0 Å². The molecule has 4 heteroatoms. The summed E-state index contributed by atoms with van der Waals surface area (Å²) < 4.78 is 2.31. The molecule has 4 nitrogen and oxygen atoms in total. The predicted molar refractivity (Wildman–Crippen MR) is 223 cm³/mol. The van der Waals surface area contributed by atoms with Crippen LogP contribution in [0.3, 0.4) is 0 Å². The number of aromatic nitrogens is 4. The van der Waals surface area contributed by atoms with E-state index in [0.29, 0.717) is 17.6 Å². The quantitative estimate of drug-likeness (QED) is 0.185. The molecule has 54 heavy (non-hydrogen) atoms. The van der Waals surface area contributed by atoms with E-state index in [0.717, 1.165) is 27.7 Å². The first kappa shape index (κ1) is 30.7. The molecule has 0 N–H and O–H groups in total. The molecule has 0 spiro atoms. The molecule has 0 saturated heterocycles. The summed E-state index contributed by atoms with van der Waals surface area (Å²) in [5.41, 5.74) is 11.4. The van der Waals surface area contributed by atoms with Crippen LogP contribution in [0.2, 0.25) is 0 Å². The highest BCUT2D eigenvalue weighted by Crippen LogP contribution is 2.56. The Morgan fingerprint density at radius 3 is 1.85 bits per heavy atom. The van der Waals surface area contributed by atoms with Gasteiger partial charge in [-0.25, -0.2) is 4.98 Å². The first-order valence-corrected chi connectivity index (χ1v) is 18.5. The van der Waals surface area contributed by atoms with E-state index in [4.69, 9.17) is 15.0 Å². The standard InChI is InChI=1S/C50H34N4/c1-50(2)41-22-12-10-20-39(41)43-37-18-8-9-19-38(37)44-40-21-11-13-23-42(40)54(46(44)45(43)50)49-52-47(33-15-4-3-5-16-33)51-48(53-49)34-27-24-32(25-28-34)36-29-26-31-14-6-7-17-35(31)30-36/h3-30H,1-2H3. The van der Waals surface area contributed by atoms with E-state index < -0.39 is 0 Å². The summed E-state index contributed by atoms with van der Waals surface area (Å²) >= 11 is 0. The summed E-state index contributed by atoms with van der Waals surface area (Å²) in [4.78, 5) is 15.8. The number of nitrogens with zero attached hydrogens (tertiary/aromatic N) is 4. The van der Waals surface area contributed by atoms with Crippen LogP contribution in [0.4, 0.5) is 0 Å². The highest BCUT2D eigenvalue weighted by molar-refractivity contribution is 6.26. The Balaban J connectivity index is 1.19. The summed E-state index contributed by atoms with van der Waals surface area (Å²) in [7, 11) is 0. The molecule has 1 aliphatic rings. The highest BCUT2D eigenvalue weighted by Gasteiger charge is 2.40. The first-order valence-electron chi connectivity index (χ1n) is 18.5. The van der Waals surface area contributed by atoms with Gasteiger partial charge in [0.25, 0.3) is 0 Å². The molecule has 0 aliphatic heterocycles. The average molecular weight is 691 g/mol. The summed E-state index contributed by atoms with van der Waals surface area (Å²) in [6, 6.07) is 60.5. The third-order valence-corrected chi connectivity index (χ3v) is 11.4. The minimum Gasteiger partial charge on any atom is -0.277 e. The fourth-order valence-electron chi connectivity index (χ4n) is 8.89. The Kier molecular flexibility index (Phi) is 6.56. The molecule has 0 saturated carbocycles. The number of benzene rings is 8. The average Bonchev–Trinajstić information content (AvgIpc) is 3.70. The molecule has 2 heterocycles. The van der Waals surface area contributed by atoms with E-state index in [2.05, 4.69) is 170 Å². The van der Waals surface area contributed by atoms with Crippen molar-refractivity contribution in [1.82, 2.24) is 19.5 Å². The van der Waals surface area contributed by atoms with Gasteiger partial charge in [0, 0.05) is 27.3 Å². The van der Waals surface area contributed by atoms with E-state index >= 15 is 0 Å². The van der Waals surface area contributed by atoms with Crippen molar-refractivity contribution >= 4 is 43.4 Å². The van der Waals surface area contributed by atoms with Crippen molar-refractivity contribution in [2.75, 3.05) is 0 Å². The van der Waals surface area contributed by atoms with Crippen LogP contribution in [0.25, 0.3) is 94.3 Å². The molecule has 254 valence electrons. The van der Waals surface area contributed by atoms with E-state index in [1.54, 1.807) is 0 Å². The second-order valence-electron chi connectivity index (χ2n) is 14.8. The summed E-state index contributed by atoms with van der Waals surface area (Å²) in [6.45, 7) is 4.72. The lowest BCUT2D eigenvalue weighted by Gasteiger charge is -2.24. The van der Waals surface area contributed by atoms with Crippen molar-refractivity contribution < 1.29 is 0 Å². The van der Waals surface area contributed by atoms with Crippen LogP contribution in [-0.4, -0.2) is 19.5 Å². The summed E-state index contributed by atoms with van der Waals surface area (Å²) in [5.74, 6) is 1.88. The molecule has 8 aromatic carbocycles. The van der Waals surface area contributed by atoms with E-state index in [1.807, 2.05) is 18.2 Å². The largest absolute Gasteiger partial charge is 0.277 e. The third kappa shape index (κ3) is 4.47. The Hall–Kier alpha value is -6.91. The molecule has 0 amide bonds. The molecule has 2 aromatic heterocycles. The molecule has 11 rings (SSSR count). The maximum atomic E-state index is 5.36. The molecule has 1 aliphatic carbocycles. The van der Waals surface area contributed by atoms with Crippen molar-refractivity contribution in [2.24, 2.45) is 0 Å². The van der Waals surface area contributed by atoms with E-state index in [9.17, 15) is 0 Å². The Bertz CT molecular complexity index is 3120. The summed E-state index contributed by atoms with van der Waals surface area (Å²) in [6.07, 6.45) is 0. The lowest BCUT2D eigenvalue weighted by atomic mass is 9.80. The number of hydrogen-bond acceptors (Lipinski definition) is 3. The van der Waals surface area contributed by atoms with Gasteiger partial charge >= 0.3 is 0 Å². The van der Waals surface area contributed by atoms with Crippen LogP contribution >= 0.6 is 0 Å². The molecule has 0 unspecified atom stereocenters. The number of para-hydroxylation sites is 1. The van der Waals surface area contributed by atoms with E-state index in [-0.39, 0.29) is 5.41 Å². The zero-order chi connectivity index (χ0) is 36.0. The van der Waals surface area contributed by atoms with Crippen LogP contribution in [-0.2, 0) is 5.41 Å². The van der Waals surface area contributed by atoms with Gasteiger partial charge in [0.1, 0.15) is 0 Å². The van der Waals surface area contributed by atoms with Gasteiger partial charge in [-0.1, -0.05) is 172 Å². The molecule has 0 radical (unpaired) electrons. The lowest BCUT2D eigenvalue weighted by molar-refractivity contribution is 0.663. The highest BCUT2D eigenvalue weighted by atomic mass is 15.2. The molecule has 0 atom stereocenters. The van der Waals surface area contributed by atoms with Crippen molar-refractivity contribution in [2.45, 2.75) is 19.3 Å². The molecule has 0 fully saturated rings. The van der Waals surface area contributed by atoms with Gasteiger partial charge in [-0.15, -0.1) is 0 Å². The van der Waals surface area contributed by atoms with Crippen LogP contribution in [0.5, 0.6) is 0 Å². The fraction of sp³-hybridized carbons (Fsp3) is 0.0600. The van der Waals surface area contributed by atoms with Gasteiger partial charge in [-0.05, 0) is 67.1 Å². The third-order valence-electron chi connectivity index (χ3n) is 11.4. The zero-order valence-electron chi connectivity index (χ0n) is 30.0. The monoisotopic (exact) mass is 690 g/mol. The minimum absolute atomic E-state index is 0.267. The number of fused-ring (bicyclic) bond motifs is 11. The summed E-state index contributed by atoms with van der Waals surface area (Å²) in [5, 5.41) is 7.37. The Morgan fingerprint density at radius 1 is 0.463 bits per heavy atom. The van der Waals surface area contributed by atoms with Crippen LogP contribution in [0.15, 0.2) is 170 Å². The van der Waals surface area contributed by atoms with Crippen molar-refractivity contribution in [3.05, 3.63) is 181 Å².